The van der Waals surface area contributed by atoms with Gasteiger partial charge < -0.3 is 22.8 Å². The smallest absolute Gasteiger partial charge is 0.379 e. The Morgan fingerprint density at radius 2 is 1.47 bits per heavy atom. The minimum Gasteiger partial charge on any atom is -0.379 e. The quantitative estimate of drug-likeness (QED) is 0.408. The van der Waals surface area contributed by atoms with Gasteiger partial charge in [0.2, 0.25) is 0 Å². The van der Waals surface area contributed by atoms with E-state index in [0.717, 1.165) is 25.9 Å². The minimum atomic E-state index is -2.67. The summed E-state index contributed by atoms with van der Waals surface area (Å²) in [5.74, 6) is 0. The Bertz CT molecular complexity index is 203. The Kier molecular flexibility index (Phi) is 10.8. The molecule has 0 aromatic rings. The molecule has 0 heterocycles. The largest absolute Gasteiger partial charge is 0.530 e. The van der Waals surface area contributed by atoms with Crippen LogP contribution in [0.4, 0.5) is 0 Å². The third-order valence-electron chi connectivity index (χ3n) is 3.08. The lowest BCUT2D eigenvalue weighted by Crippen LogP contribution is -2.54. The third kappa shape index (κ3) is 6.83. The van der Waals surface area contributed by atoms with Crippen LogP contribution in [-0.4, -0.2) is 55.2 Å². The Morgan fingerprint density at radius 1 is 0.895 bits per heavy atom. The summed E-state index contributed by atoms with van der Waals surface area (Å²) in [6, 6.07) is 0. The van der Waals surface area contributed by atoms with Crippen molar-refractivity contribution in [2.24, 2.45) is 0 Å². The number of ether oxygens (including phenoxy) is 2. The Labute approximate surface area is 118 Å². The summed E-state index contributed by atoms with van der Waals surface area (Å²) in [6.07, 6.45) is 3.29. The van der Waals surface area contributed by atoms with E-state index < -0.39 is 8.80 Å². The first-order valence-electron chi connectivity index (χ1n) is 6.94. The van der Waals surface area contributed by atoms with Crippen molar-refractivity contribution < 1.29 is 22.8 Å². The molecule has 0 N–H and O–H groups in total. The van der Waals surface area contributed by atoms with Crippen LogP contribution < -0.4 is 0 Å². The first-order valence-corrected chi connectivity index (χ1v) is 8.75. The second kappa shape index (κ2) is 10.8. The van der Waals surface area contributed by atoms with Gasteiger partial charge in [-0.1, -0.05) is 6.92 Å². The molecule has 0 spiro atoms. The zero-order chi connectivity index (χ0) is 14.7. The highest BCUT2D eigenvalue weighted by molar-refractivity contribution is 6.61. The van der Waals surface area contributed by atoms with Gasteiger partial charge in [0, 0.05) is 34.5 Å². The monoisotopic (exact) mass is 294 g/mol. The van der Waals surface area contributed by atoms with E-state index in [4.69, 9.17) is 22.8 Å². The maximum absolute atomic E-state index is 5.77. The average molecular weight is 294 g/mol. The molecule has 2 unspecified atom stereocenters. The zero-order valence-electron chi connectivity index (χ0n) is 13.2. The van der Waals surface area contributed by atoms with Gasteiger partial charge in [-0.3, -0.25) is 0 Å². The molecule has 0 saturated heterocycles. The van der Waals surface area contributed by atoms with Crippen molar-refractivity contribution in [2.45, 2.75) is 51.9 Å². The lowest BCUT2D eigenvalue weighted by Gasteiger charge is -2.29. The van der Waals surface area contributed by atoms with Gasteiger partial charge in [-0.25, -0.2) is 0 Å². The standard InChI is InChI=1S/C13H30O5Si/c1-7-10-17-12(2)9-8-11-18-13(3)19(14-4,15-5)16-6/h12-13H,7-11H2,1-6H3. The zero-order valence-corrected chi connectivity index (χ0v) is 14.2. The Balaban J connectivity index is 3.87. The van der Waals surface area contributed by atoms with Crippen LogP contribution in [0.5, 0.6) is 0 Å². The second-order valence-corrected chi connectivity index (χ2v) is 7.80. The predicted molar refractivity (Wildman–Crippen MR) is 77.1 cm³/mol. The molecule has 0 bridgehead atoms. The van der Waals surface area contributed by atoms with Gasteiger partial charge >= 0.3 is 8.80 Å². The van der Waals surface area contributed by atoms with Crippen molar-refractivity contribution in [1.29, 1.82) is 0 Å². The van der Waals surface area contributed by atoms with E-state index in [1.165, 1.54) is 0 Å². The molecular formula is C13H30O5Si. The molecule has 5 nitrogen and oxygen atoms in total. The van der Waals surface area contributed by atoms with Crippen LogP contribution in [0.2, 0.25) is 0 Å². The summed E-state index contributed by atoms with van der Waals surface area (Å²) in [6.45, 7) is 7.62. The molecule has 0 aliphatic rings. The summed E-state index contributed by atoms with van der Waals surface area (Å²) in [4.78, 5) is 0. The first kappa shape index (κ1) is 19.0. The van der Waals surface area contributed by atoms with Crippen LogP contribution in [-0.2, 0) is 22.8 Å². The molecule has 0 aliphatic carbocycles. The molecule has 0 saturated carbocycles. The van der Waals surface area contributed by atoms with Crippen molar-refractivity contribution in [3.63, 3.8) is 0 Å². The van der Waals surface area contributed by atoms with E-state index >= 15 is 0 Å². The molecule has 0 fully saturated rings. The molecule has 0 radical (unpaired) electrons. The fourth-order valence-electron chi connectivity index (χ4n) is 1.88. The van der Waals surface area contributed by atoms with Crippen LogP contribution >= 0.6 is 0 Å². The average Bonchev–Trinajstić information content (AvgIpc) is 2.43. The van der Waals surface area contributed by atoms with Crippen molar-refractivity contribution in [3.05, 3.63) is 0 Å². The fourth-order valence-corrected chi connectivity index (χ4v) is 3.70. The maximum atomic E-state index is 5.77. The maximum Gasteiger partial charge on any atom is 0.530 e. The molecule has 6 heteroatoms. The second-order valence-electron chi connectivity index (χ2n) is 4.55. The van der Waals surface area contributed by atoms with Gasteiger partial charge in [0.25, 0.3) is 0 Å². The lowest BCUT2D eigenvalue weighted by molar-refractivity contribution is 0.0118. The molecule has 0 aromatic carbocycles. The highest BCUT2D eigenvalue weighted by Crippen LogP contribution is 2.15. The van der Waals surface area contributed by atoms with Crippen molar-refractivity contribution in [3.8, 4) is 0 Å². The number of hydrogen-bond acceptors (Lipinski definition) is 5. The minimum absolute atomic E-state index is 0.167. The SMILES string of the molecule is CCCOC(C)CCCOC(C)[Si](OC)(OC)OC. The van der Waals surface area contributed by atoms with Crippen LogP contribution in [0.1, 0.15) is 40.0 Å². The Morgan fingerprint density at radius 3 is 1.95 bits per heavy atom. The van der Waals surface area contributed by atoms with E-state index in [-0.39, 0.29) is 11.8 Å². The summed E-state index contributed by atoms with van der Waals surface area (Å²) in [7, 11) is 2.12. The van der Waals surface area contributed by atoms with Crippen LogP contribution in [0.15, 0.2) is 0 Å². The van der Waals surface area contributed by atoms with Gasteiger partial charge in [0.05, 0.1) is 6.10 Å². The topological polar surface area (TPSA) is 46.2 Å². The lowest BCUT2D eigenvalue weighted by atomic mass is 10.2. The number of hydrogen-bond donors (Lipinski definition) is 0. The van der Waals surface area contributed by atoms with Crippen molar-refractivity contribution in [2.75, 3.05) is 34.5 Å². The summed E-state index contributed by atoms with van der Waals surface area (Å²) >= 11 is 0. The third-order valence-corrected chi connectivity index (χ3v) is 5.95. The van der Waals surface area contributed by atoms with Crippen LogP contribution in [0.3, 0.4) is 0 Å². The molecule has 0 amide bonds. The van der Waals surface area contributed by atoms with E-state index in [0.29, 0.717) is 6.61 Å². The highest BCUT2D eigenvalue weighted by atomic mass is 28.4. The summed E-state index contributed by atoms with van der Waals surface area (Å²) in [5, 5.41) is 0. The van der Waals surface area contributed by atoms with Gasteiger partial charge in [-0.2, -0.15) is 0 Å². The van der Waals surface area contributed by atoms with E-state index in [2.05, 4.69) is 13.8 Å². The van der Waals surface area contributed by atoms with Crippen LogP contribution in [0.25, 0.3) is 0 Å². The van der Waals surface area contributed by atoms with E-state index in [1.807, 2.05) is 6.92 Å². The van der Waals surface area contributed by atoms with Crippen molar-refractivity contribution in [1.82, 2.24) is 0 Å². The summed E-state index contributed by atoms with van der Waals surface area (Å²) < 4.78 is 27.5. The predicted octanol–water partition coefficient (Wildman–Crippen LogP) is 2.40. The molecule has 116 valence electrons. The molecule has 2 atom stereocenters. The van der Waals surface area contributed by atoms with E-state index in [1.54, 1.807) is 21.3 Å². The normalized spacial score (nSPS) is 15.5. The van der Waals surface area contributed by atoms with E-state index in [9.17, 15) is 0 Å². The van der Waals surface area contributed by atoms with Gasteiger partial charge in [0.15, 0.2) is 0 Å². The van der Waals surface area contributed by atoms with Gasteiger partial charge in [-0.05, 0) is 33.1 Å². The first-order chi connectivity index (χ1) is 9.06. The highest BCUT2D eigenvalue weighted by Gasteiger charge is 2.45. The fraction of sp³-hybridized carbons (Fsp3) is 1.00. The molecule has 0 rings (SSSR count). The number of rotatable bonds is 12. The van der Waals surface area contributed by atoms with Gasteiger partial charge in [0.1, 0.15) is 5.73 Å². The molecule has 0 aliphatic heterocycles. The molecule has 19 heavy (non-hydrogen) atoms. The summed E-state index contributed by atoms with van der Waals surface area (Å²) in [5.41, 5.74) is -0.167. The van der Waals surface area contributed by atoms with Crippen LogP contribution in [0, 0.1) is 0 Å². The van der Waals surface area contributed by atoms with Crippen molar-refractivity contribution >= 4 is 8.80 Å². The Hall–Kier alpha value is 0.0169. The van der Waals surface area contributed by atoms with Gasteiger partial charge in [-0.15, -0.1) is 0 Å². The molecule has 0 aromatic heterocycles. The molecular weight excluding hydrogens is 264 g/mol.